The van der Waals surface area contributed by atoms with Crippen molar-refractivity contribution in [2.45, 2.75) is 32.3 Å². The van der Waals surface area contributed by atoms with Crippen molar-refractivity contribution in [2.24, 2.45) is 0 Å². The van der Waals surface area contributed by atoms with Gasteiger partial charge in [0.25, 0.3) is 5.56 Å². The van der Waals surface area contributed by atoms with Crippen LogP contribution >= 0.6 is 11.6 Å². The van der Waals surface area contributed by atoms with Crippen molar-refractivity contribution in [1.29, 1.82) is 0 Å². The minimum absolute atomic E-state index is 0.127. The average Bonchev–Trinajstić information content (AvgIpc) is 3.28. The third kappa shape index (κ3) is 5.49. The lowest BCUT2D eigenvalue weighted by Crippen LogP contribution is -2.20. The first-order valence-corrected chi connectivity index (χ1v) is 10.8. The van der Waals surface area contributed by atoms with Gasteiger partial charge in [-0.1, -0.05) is 23.7 Å². The summed E-state index contributed by atoms with van der Waals surface area (Å²) in [5.74, 6) is 0.520. The third-order valence-corrected chi connectivity index (χ3v) is 5.64. The molecule has 0 bridgehead atoms. The average molecular weight is 424 g/mol. The monoisotopic (exact) mass is 423 g/mol. The van der Waals surface area contributed by atoms with Gasteiger partial charge in [0.1, 0.15) is 12.4 Å². The molecule has 30 heavy (non-hydrogen) atoms. The number of hydrogen-bond acceptors (Lipinski definition) is 4. The van der Waals surface area contributed by atoms with Crippen molar-refractivity contribution in [2.75, 3.05) is 19.6 Å². The first-order chi connectivity index (χ1) is 14.7. The van der Waals surface area contributed by atoms with E-state index in [1.165, 1.54) is 50.5 Å². The Labute approximate surface area is 181 Å². The Morgan fingerprint density at radius 1 is 1.03 bits per heavy atom. The minimum Gasteiger partial charge on any atom is -0.487 e. The quantitative estimate of drug-likeness (QED) is 0.535. The molecule has 1 aliphatic rings. The summed E-state index contributed by atoms with van der Waals surface area (Å²) in [6.45, 7) is 3.95. The van der Waals surface area contributed by atoms with Gasteiger partial charge in [0.05, 0.1) is 10.7 Å². The number of aryl methyl sites for hydroxylation is 1. The fraction of sp³-hybridized carbons (Fsp3) is 0.333. The van der Waals surface area contributed by atoms with Crippen LogP contribution < -0.4 is 10.3 Å². The van der Waals surface area contributed by atoms with Crippen LogP contribution in [-0.4, -0.2) is 34.1 Å². The van der Waals surface area contributed by atoms with Crippen LogP contribution in [0.1, 0.15) is 30.5 Å². The number of ether oxygens (including phenoxy) is 1. The van der Waals surface area contributed by atoms with E-state index in [4.69, 9.17) is 16.3 Å². The molecule has 1 fully saturated rings. The zero-order chi connectivity index (χ0) is 20.8. The number of rotatable bonds is 8. The van der Waals surface area contributed by atoms with E-state index in [0.717, 1.165) is 17.8 Å². The number of hydrogen-bond donors (Lipinski definition) is 0. The van der Waals surface area contributed by atoms with Crippen molar-refractivity contribution in [3.8, 4) is 11.4 Å². The van der Waals surface area contributed by atoms with Crippen LogP contribution in [0.3, 0.4) is 0 Å². The van der Waals surface area contributed by atoms with Gasteiger partial charge < -0.3 is 9.64 Å². The van der Waals surface area contributed by atoms with Gasteiger partial charge in [0.15, 0.2) is 0 Å². The lowest BCUT2D eigenvalue weighted by Gasteiger charge is -2.14. The summed E-state index contributed by atoms with van der Waals surface area (Å²) in [5.41, 5.74) is 2.79. The van der Waals surface area contributed by atoms with Crippen LogP contribution in [0.2, 0.25) is 5.02 Å². The number of nitrogens with zero attached hydrogens (tertiary/aromatic N) is 3. The van der Waals surface area contributed by atoms with E-state index in [9.17, 15) is 4.79 Å². The predicted octanol–water partition coefficient (Wildman–Crippen LogP) is 4.49. The fourth-order valence-corrected chi connectivity index (χ4v) is 3.86. The van der Waals surface area contributed by atoms with Crippen LogP contribution in [0.4, 0.5) is 0 Å². The summed E-state index contributed by atoms with van der Waals surface area (Å²) >= 11 is 5.84. The molecule has 0 radical (unpaired) electrons. The molecule has 5 nitrogen and oxygen atoms in total. The van der Waals surface area contributed by atoms with E-state index in [-0.39, 0.29) is 12.2 Å². The number of pyridine rings is 2. The SMILES string of the molecule is O=c1cc(OCc2ccc(Cl)cn2)ccn1-c1ccc(CCCN2CCCC2)cc1. The standard InChI is InChI=1S/C24H26ClN3O2/c25-20-7-8-21(26-17-20)18-30-23-11-15-28(24(29)16-23)22-9-5-19(6-10-22)4-3-14-27-12-1-2-13-27/h5-11,15-17H,1-4,12-14,18H2. The maximum absolute atomic E-state index is 12.5. The summed E-state index contributed by atoms with van der Waals surface area (Å²) in [6, 6.07) is 15.1. The summed E-state index contributed by atoms with van der Waals surface area (Å²) in [6.07, 6.45) is 8.24. The molecule has 1 saturated heterocycles. The van der Waals surface area contributed by atoms with Gasteiger partial charge in [0, 0.05) is 24.1 Å². The van der Waals surface area contributed by atoms with Crippen LogP contribution in [-0.2, 0) is 13.0 Å². The third-order valence-electron chi connectivity index (χ3n) is 5.42. The Hall–Kier alpha value is -2.63. The van der Waals surface area contributed by atoms with Gasteiger partial charge in [-0.25, -0.2) is 0 Å². The summed E-state index contributed by atoms with van der Waals surface area (Å²) in [7, 11) is 0. The van der Waals surface area contributed by atoms with E-state index < -0.39 is 0 Å². The molecule has 6 heteroatoms. The molecule has 0 spiro atoms. The molecule has 3 aromatic rings. The van der Waals surface area contributed by atoms with E-state index in [1.54, 1.807) is 35.2 Å². The molecule has 156 valence electrons. The highest BCUT2D eigenvalue weighted by molar-refractivity contribution is 6.30. The molecular weight excluding hydrogens is 398 g/mol. The van der Waals surface area contributed by atoms with E-state index in [0.29, 0.717) is 10.8 Å². The van der Waals surface area contributed by atoms with Gasteiger partial charge in [-0.05, 0) is 81.2 Å². The molecule has 3 heterocycles. The Morgan fingerprint density at radius 3 is 2.53 bits per heavy atom. The van der Waals surface area contributed by atoms with Crippen molar-refractivity contribution < 1.29 is 4.74 Å². The second-order valence-electron chi connectivity index (χ2n) is 7.65. The van der Waals surface area contributed by atoms with Crippen LogP contribution in [0.5, 0.6) is 5.75 Å². The van der Waals surface area contributed by atoms with Crippen LogP contribution in [0, 0.1) is 0 Å². The van der Waals surface area contributed by atoms with E-state index >= 15 is 0 Å². The molecule has 0 saturated carbocycles. The maximum atomic E-state index is 12.5. The predicted molar refractivity (Wildman–Crippen MR) is 120 cm³/mol. The maximum Gasteiger partial charge on any atom is 0.258 e. The Kier molecular flexibility index (Phi) is 6.82. The lowest BCUT2D eigenvalue weighted by atomic mass is 10.1. The molecule has 0 N–H and O–H groups in total. The molecule has 0 amide bonds. The van der Waals surface area contributed by atoms with Gasteiger partial charge in [-0.15, -0.1) is 0 Å². The number of benzene rings is 1. The minimum atomic E-state index is -0.127. The van der Waals surface area contributed by atoms with Crippen molar-refractivity contribution >= 4 is 11.6 Å². The molecule has 2 aromatic heterocycles. The van der Waals surface area contributed by atoms with Gasteiger partial charge >= 0.3 is 0 Å². The molecule has 0 atom stereocenters. The fourth-order valence-electron chi connectivity index (χ4n) is 3.75. The van der Waals surface area contributed by atoms with Gasteiger partial charge in [-0.3, -0.25) is 14.3 Å². The number of aromatic nitrogens is 2. The molecule has 0 aliphatic carbocycles. The highest BCUT2D eigenvalue weighted by atomic mass is 35.5. The molecule has 1 aliphatic heterocycles. The smallest absolute Gasteiger partial charge is 0.258 e. The Bertz CT molecular complexity index is 1010. The summed E-state index contributed by atoms with van der Waals surface area (Å²) in [4.78, 5) is 19.3. The largest absolute Gasteiger partial charge is 0.487 e. The molecule has 0 unspecified atom stereocenters. The summed E-state index contributed by atoms with van der Waals surface area (Å²) < 4.78 is 7.31. The topological polar surface area (TPSA) is 47.4 Å². The Morgan fingerprint density at radius 2 is 1.83 bits per heavy atom. The summed E-state index contributed by atoms with van der Waals surface area (Å²) in [5, 5.41) is 0.582. The van der Waals surface area contributed by atoms with E-state index in [1.807, 2.05) is 12.1 Å². The van der Waals surface area contributed by atoms with E-state index in [2.05, 4.69) is 22.0 Å². The highest BCUT2D eigenvalue weighted by Crippen LogP contribution is 2.15. The first kappa shape index (κ1) is 20.6. The van der Waals surface area contributed by atoms with Gasteiger partial charge in [0.2, 0.25) is 0 Å². The molecular formula is C24H26ClN3O2. The normalized spacial score (nSPS) is 14.2. The number of likely N-dealkylation sites (tertiary alicyclic amines) is 1. The first-order valence-electron chi connectivity index (χ1n) is 10.4. The molecule has 4 rings (SSSR count). The molecule has 1 aromatic carbocycles. The lowest BCUT2D eigenvalue weighted by molar-refractivity contribution is 0.300. The van der Waals surface area contributed by atoms with Crippen LogP contribution in [0.15, 0.2) is 65.7 Å². The van der Waals surface area contributed by atoms with Crippen molar-refractivity contribution in [3.63, 3.8) is 0 Å². The Balaban J connectivity index is 1.34. The second kappa shape index (κ2) is 9.92. The van der Waals surface area contributed by atoms with Crippen molar-refractivity contribution in [3.05, 3.63) is 87.6 Å². The zero-order valence-electron chi connectivity index (χ0n) is 17.0. The van der Waals surface area contributed by atoms with Crippen LogP contribution in [0.25, 0.3) is 5.69 Å². The second-order valence-corrected chi connectivity index (χ2v) is 8.08. The number of halogens is 1. The van der Waals surface area contributed by atoms with Crippen molar-refractivity contribution in [1.82, 2.24) is 14.5 Å². The zero-order valence-corrected chi connectivity index (χ0v) is 17.7. The highest BCUT2D eigenvalue weighted by Gasteiger charge is 2.10. The van der Waals surface area contributed by atoms with Gasteiger partial charge in [-0.2, -0.15) is 0 Å².